The van der Waals surface area contributed by atoms with Crippen LogP contribution in [-0.4, -0.2) is 31.9 Å². The van der Waals surface area contributed by atoms with Crippen LogP contribution in [0.3, 0.4) is 0 Å². The molecule has 0 aliphatic rings. The molecule has 0 N–H and O–H groups in total. The van der Waals surface area contributed by atoms with Gasteiger partial charge in [-0.15, -0.1) is 0 Å². The molecule has 0 unspecified atom stereocenters. The van der Waals surface area contributed by atoms with Crippen LogP contribution in [0, 0.1) is 18.6 Å². The fraction of sp³-hybridized carbons (Fsp3) is 0.278. The van der Waals surface area contributed by atoms with E-state index in [2.05, 4.69) is 4.99 Å². The molecule has 0 aliphatic carbocycles. The number of hydrogen-bond acceptors (Lipinski definition) is 2. The highest BCUT2D eigenvalue weighted by atomic mass is 19.1. The Bertz CT molecular complexity index is 696. The first-order chi connectivity index (χ1) is 10.9. The maximum atomic E-state index is 14.4. The molecule has 0 saturated heterocycles. The minimum Gasteiger partial charge on any atom is -0.366 e. The lowest BCUT2D eigenvalue weighted by Crippen LogP contribution is -2.14. The standard InChI is InChI=1S/C18H21F2N3/c1-5-22(3)12-21-17-11-16(20)18(10-13(17)2)23(4)15-8-6-14(19)7-9-15/h6-12H,5H2,1-4H3. The molecule has 0 spiro atoms. The second kappa shape index (κ2) is 7.22. The molecule has 2 aromatic rings. The van der Waals surface area contributed by atoms with E-state index in [1.165, 1.54) is 18.2 Å². The summed E-state index contributed by atoms with van der Waals surface area (Å²) in [5, 5.41) is 0. The van der Waals surface area contributed by atoms with Gasteiger partial charge in [-0.25, -0.2) is 13.8 Å². The van der Waals surface area contributed by atoms with Crippen molar-refractivity contribution in [2.24, 2.45) is 4.99 Å². The number of hydrogen-bond donors (Lipinski definition) is 0. The Kier molecular flexibility index (Phi) is 5.32. The predicted molar refractivity (Wildman–Crippen MR) is 92.1 cm³/mol. The molecule has 2 aromatic carbocycles. The van der Waals surface area contributed by atoms with E-state index in [9.17, 15) is 8.78 Å². The maximum absolute atomic E-state index is 14.4. The van der Waals surface area contributed by atoms with Gasteiger partial charge in [-0.3, -0.25) is 0 Å². The third-order valence-corrected chi connectivity index (χ3v) is 3.73. The van der Waals surface area contributed by atoms with E-state index in [1.807, 2.05) is 25.8 Å². The Morgan fingerprint density at radius 2 is 1.74 bits per heavy atom. The van der Waals surface area contributed by atoms with Gasteiger partial charge >= 0.3 is 0 Å². The van der Waals surface area contributed by atoms with Gasteiger partial charge in [0.15, 0.2) is 0 Å². The van der Waals surface area contributed by atoms with Gasteiger partial charge in [0.05, 0.1) is 17.7 Å². The molecule has 0 bridgehead atoms. The van der Waals surface area contributed by atoms with E-state index < -0.39 is 0 Å². The Labute approximate surface area is 135 Å². The lowest BCUT2D eigenvalue weighted by Gasteiger charge is -2.21. The molecule has 5 heteroatoms. The quantitative estimate of drug-likeness (QED) is 0.590. The third-order valence-electron chi connectivity index (χ3n) is 3.73. The van der Waals surface area contributed by atoms with Crippen LogP contribution >= 0.6 is 0 Å². The van der Waals surface area contributed by atoms with Gasteiger partial charge in [0.25, 0.3) is 0 Å². The Morgan fingerprint density at radius 1 is 1.09 bits per heavy atom. The van der Waals surface area contributed by atoms with Gasteiger partial charge in [0.2, 0.25) is 0 Å². The summed E-state index contributed by atoms with van der Waals surface area (Å²) in [5.74, 6) is -0.683. The number of rotatable bonds is 5. The molecule has 3 nitrogen and oxygen atoms in total. The zero-order chi connectivity index (χ0) is 17.0. The molecule has 0 amide bonds. The zero-order valence-corrected chi connectivity index (χ0v) is 13.8. The maximum Gasteiger partial charge on any atom is 0.148 e. The van der Waals surface area contributed by atoms with E-state index >= 15 is 0 Å². The average molecular weight is 317 g/mol. The van der Waals surface area contributed by atoms with Crippen molar-refractivity contribution >= 4 is 23.4 Å². The van der Waals surface area contributed by atoms with E-state index in [1.54, 1.807) is 36.5 Å². The fourth-order valence-corrected chi connectivity index (χ4v) is 2.10. The topological polar surface area (TPSA) is 18.8 Å². The highest BCUT2D eigenvalue weighted by Gasteiger charge is 2.12. The normalized spacial score (nSPS) is 11.0. The van der Waals surface area contributed by atoms with E-state index in [-0.39, 0.29) is 11.6 Å². The van der Waals surface area contributed by atoms with Crippen LogP contribution in [0.4, 0.5) is 25.8 Å². The lowest BCUT2D eigenvalue weighted by atomic mass is 10.1. The summed E-state index contributed by atoms with van der Waals surface area (Å²) in [6.07, 6.45) is 1.69. The molecule has 23 heavy (non-hydrogen) atoms. The van der Waals surface area contributed by atoms with Gasteiger partial charge in [-0.1, -0.05) is 0 Å². The molecule has 0 fully saturated rings. The van der Waals surface area contributed by atoms with Crippen LogP contribution < -0.4 is 4.90 Å². The number of anilines is 2. The van der Waals surface area contributed by atoms with Crippen molar-refractivity contribution in [1.82, 2.24) is 4.90 Å². The monoisotopic (exact) mass is 317 g/mol. The van der Waals surface area contributed by atoms with Crippen molar-refractivity contribution in [3.63, 3.8) is 0 Å². The lowest BCUT2D eigenvalue weighted by molar-refractivity contribution is 0.552. The zero-order valence-electron chi connectivity index (χ0n) is 13.8. The smallest absolute Gasteiger partial charge is 0.148 e. The van der Waals surface area contributed by atoms with Crippen molar-refractivity contribution in [3.8, 4) is 0 Å². The van der Waals surface area contributed by atoms with Gasteiger partial charge in [0.1, 0.15) is 11.6 Å². The highest BCUT2D eigenvalue weighted by Crippen LogP contribution is 2.31. The molecule has 2 rings (SSSR count). The molecule has 0 radical (unpaired) electrons. The summed E-state index contributed by atoms with van der Waals surface area (Å²) in [6, 6.07) is 9.12. The van der Waals surface area contributed by atoms with Crippen LogP contribution in [0.25, 0.3) is 0 Å². The Morgan fingerprint density at radius 3 is 2.35 bits per heavy atom. The number of aryl methyl sites for hydroxylation is 1. The summed E-state index contributed by atoms with van der Waals surface area (Å²) in [6.45, 7) is 4.73. The van der Waals surface area contributed by atoms with Gasteiger partial charge in [-0.05, 0) is 49.7 Å². The molecule has 0 saturated carbocycles. The van der Waals surface area contributed by atoms with Crippen molar-refractivity contribution < 1.29 is 8.78 Å². The third kappa shape index (κ3) is 4.06. The first-order valence-corrected chi connectivity index (χ1v) is 7.46. The van der Waals surface area contributed by atoms with Gasteiger partial charge < -0.3 is 9.80 Å². The van der Waals surface area contributed by atoms with E-state index in [4.69, 9.17) is 0 Å². The van der Waals surface area contributed by atoms with Crippen LogP contribution in [0.2, 0.25) is 0 Å². The van der Waals surface area contributed by atoms with Crippen LogP contribution in [0.15, 0.2) is 41.4 Å². The fourth-order valence-electron chi connectivity index (χ4n) is 2.10. The van der Waals surface area contributed by atoms with Crippen molar-refractivity contribution in [1.29, 1.82) is 0 Å². The van der Waals surface area contributed by atoms with E-state index in [0.29, 0.717) is 17.1 Å². The average Bonchev–Trinajstić information content (AvgIpc) is 2.55. The van der Waals surface area contributed by atoms with Gasteiger partial charge in [-0.2, -0.15) is 0 Å². The number of aliphatic imine (C=N–C) groups is 1. The molecule has 0 aliphatic heterocycles. The largest absolute Gasteiger partial charge is 0.366 e. The number of benzene rings is 2. The Hall–Kier alpha value is -2.43. The molecule has 0 atom stereocenters. The van der Waals surface area contributed by atoms with Crippen molar-refractivity contribution in [2.75, 3.05) is 25.5 Å². The minimum absolute atomic E-state index is 0.316. The molecule has 0 aromatic heterocycles. The summed E-state index contributed by atoms with van der Waals surface area (Å²) < 4.78 is 27.5. The van der Waals surface area contributed by atoms with Crippen molar-refractivity contribution in [3.05, 3.63) is 53.6 Å². The first kappa shape index (κ1) is 16.9. The Balaban J connectivity index is 2.32. The second-order valence-corrected chi connectivity index (χ2v) is 5.44. The molecule has 0 heterocycles. The van der Waals surface area contributed by atoms with Crippen LogP contribution in [0.1, 0.15) is 12.5 Å². The second-order valence-electron chi connectivity index (χ2n) is 5.44. The summed E-state index contributed by atoms with van der Waals surface area (Å²) in [7, 11) is 3.66. The summed E-state index contributed by atoms with van der Waals surface area (Å²) in [4.78, 5) is 7.92. The van der Waals surface area contributed by atoms with Crippen LogP contribution in [0.5, 0.6) is 0 Å². The van der Waals surface area contributed by atoms with E-state index in [0.717, 1.165) is 12.1 Å². The molecular weight excluding hydrogens is 296 g/mol. The predicted octanol–water partition coefficient (Wildman–Crippen LogP) is 4.65. The van der Waals surface area contributed by atoms with Gasteiger partial charge in [0, 0.05) is 32.4 Å². The molecule has 122 valence electrons. The SMILES string of the molecule is CCN(C)C=Nc1cc(F)c(N(C)c2ccc(F)cc2)cc1C. The first-order valence-electron chi connectivity index (χ1n) is 7.46. The highest BCUT2D eigenvalue weighted by molar-refractivity contribution is 5.69. The summed E-state index contributed by atoms with van der Waals surface area (Å²) in [5.41, 5.74) is 2.61. The minimum atomic E-state index is -0.367. The van der Waals surface area contributed by atoms with Crippen LogP contribution in [-0.2, 0) is 0 Å². The summed E-state index contributed by atoms with van der Waals surface area (Å²) >= 11 is 0. The molecular formula is C18H21F2N3. The number of halogens is 2. The van der Waals surface area contributed by atoms with Crippen molar-refractivity contribution in [2.45, 2.75) is 13.8 Å². The number of nitrogens with zero attached hydrogens (tertiary/aromatic N) is 3.